The number of rotatable bonds is 5. The van der Waals surface area contributed by atoms with E-state index < -0.39 is 0 Å². The molecule has 1 heterocycles. The Morgan fingerprint density at radius 3 is 2.77 bits per heavy atom. The fourth-order valence-corrected chi connectivity index (χ4v) is 2.04. The minimum Gasteiger partial charge on any atom is -0.357 e. The highest BCUT2D eigenvalue weighted by atomic mass is 35.5. The Labute approximate surface area is 134 Å². The van der Waals surface area contributed by atoms with Crippen molar-refractivity contribution in [2.45, 2.75) is 20.0 Å². The van der Waals surface area contributed by atoms with E-state index in [1.807, 2.05) is 31.2 Å². The largest absolute Gasteiger partial charge is 0.357 e. The molecule has 0 bridgehead atoms. The Morgan fingerprint density at radius 1 is 1.23 bits per heavy atom. The van der Waals surface area contributed by atoms with Gasteiger partial charge in [0.05, 0.1) is 18.8 Å². The summed E-state index contributed by atoms with van der Waals surface area (Å²) in [5.41, 5.74) is 1.29. The maximum Gasteiger partial charge on any atom is 0.191 e. The molecule has 0 unspecified atom stereocenters. The van der Waals surface area contributed by atoms with Crippen molar-refractivity contribution in [1.29, 1.82) is 0 Å². The van der Waals surface area contributed by atoms with Crippen molar-refractivity contribution in [2.24, 2.45) is 4.99 Å². The number of hydrogen-bond acceptors (Lipinski definition) is 2. The van der Waals surface area contributed by atoms with Gasteiger partial charge < -0.3 is 10.6 Å². The molecular formula is C16H18ClFN4. The van der Waals surface area contributed by atoms with Crippen LogP contribution in [0.1, 0.15) is 18.2 Å². The van der Waals surface area contributed by atoms with Crippen LogP contribution in [0.25, 0.3) is 0 Å². The average molecular weight is 321 g/mol. The van der Waals surface area contributed by atoms with Crippen LogP contribution in [0.3, 0.4) is 0 Å². The summed E-state index contributed by atoms with van der Waals surface area (Å²) in [4.78, 5) is 8.45. The standard InChI is InChI=1S/C16H18ClFN4/c1-2-19-16(21-10-12-6-3-4-7-13(12)17)22-11-15-14(18)8-5-9-20-15/h3-9H,2,10-11H2,1H3,(H2,19,21,22). The molecule has 116 valence electrons. The minimum atomic E-state index is -0.336. The zero-order chi connectivity index (χ0) is 15.8. The maximum absolute atomic E-state index is 13.5. The van der Waals surface area contributed by atoms with Crippen molar-refractivity contribution in [3.8, 4) is 0 Å². The van der Waals surface area contributed by atoms with Crippen LogP contribution in [-0.2, 0) is 13.1 Å². The van der Waals surface area contributed by atoms with Crippen LogP contribution in [0.15, 0.2) is 47.6 Å². The molecule has 1 aromatic heterocycles. The summed E-state index contributed by atoms with van der Waals surface area (Å²) in [5.74, 6) is 0.254. The lowest BCUT2D eigenvalue weighted by atomic mass is 10.2. The van der Waals surface area contributed by atoms with E-state index >= 15 is 0 Å². The number of nitrogens with zero attached hydrogens (tertiary/aromatic N) is 2. The molecular weight excluding hydrogens is 303 g/mol. The highest BCUT2D eigenvalue weighted by Gasteiger charge is 2.04. The molecule has 0 saturated heterocycles. The van der Waals surface area contributed by atoms with Gasteiger partial charge in [-0.2, -0.15) is 0 Å². The van der Waals surface area contributed by atoms with Gasteiger partial charge in [0.1, 0.15) is 5.82 Å². The molecule has 0 fully saturated rings. The first-order valence-corrected chi connectivity index (χ1v) is 7.43. The molecule has 2 aromatic rings. The molecule has 4 nitrogen and oxygen atoms in total. The van der Waals surface area contributed by atoms with Crippen molar-refractivity contribution < 1.29 is 4.39 Å². The second-order valence-electron chi connectivity index (χ2n) is 4.57. The summed E-state index contributed by atoms with van der Waals surface area (Å²) in [7, 11) is 0. The lowest BCUT2D eigenvalue weighted by Gasteiger charge is -2.11. The van der Waals surface area contributed by atoms with E-state index in [0.29, 0.717) is 29.8 Å². The van der Waals surface area contributed by atoms with Crippen LogP contribution in [0.5, 0.6) is 0 Å². The van der Waals surface area contributed by atoms with Crippen LogP contribution in [0, 0.1) is 5.82 Å². The van der Waals surface area contributed by atoms with E-state index in [0.717, 1.165) is 5.56 Å². The van der Waals surface area contributed by atoms with E-state index in [4.69, 9.17) is 11.6 Å². The number of guanidine groups is 1. The lowest BCUT2D eigenvalue weighted by Crippen LogP contribution is -2.37. The quantitative estimate of drug-likeness (QED) is 0.657. The van der Waals surface area contributed by atoms with Crippen molar-refractivity contribution in [2.75, 3.05) is 6.54 Å². The van der Waals surface area contributed by atoms with Gasteiger partial charge in [-0.1, -0.05) is 29.8 Å². The van der Waals surface area contributed by atoms with Gasteiger partial charge in [0.15, 0.2) is 5.96 Å². The first kappa shape index (κ1) is 16.2. The maximum atomic E-state index is 13.5. The number of nitrogens with one attached hydrogen (secondary N) is 2. The SMILES string of the molecule is CCNC(=NCc1ccccc1Cl)NCc1ncccc1F. The summed E-state index contributed by atoms with van der Waals surface area (Å²) >= 11 is 6.11. The van der Waals surface area contributed by atoms with E-state index in [1.54, 1.807) is 12.3 Å². The molecule has 0 aliphatic heterocycles. The summed E-state index contributed by atoms with van der Waals surface area (Å²) in [6.07, 6.45) is 1.56. The van der Waals surface area contributed by atoms with E-state index in [2.05, 4.69) is 20.6 Å². The molecule has 22 heavy (non-hydrogen) atoms. The van der Waals surface area contributed by atoms with Crippen LogP contribution >= 0.6 is 11.6 Å². The van der Waals surface area contributed by atoms with Crippen molar-refractivity contribution in [3.05, 3.63) is 64.7 Å². The highest BCUT2D eigenvalue weighted by molar-refractivity contribution is 6.31. The highest BCUT2D eigenvalue weighted by Crippen LogP contribution is 2.15. The molecule has 0 spiro atoms. The van der Waals surface area contributed by atoms with E-state index in [9.17, 15) is 4.39 Å². The van der Waals surface area contributed by atoms with Gasteiger partial charge in [0.25, 0.3) is 0 Å². The Morgan fingerprint density at radius 2 is 2.05 bits per heavy atom. The van der Waals surface area contributed by atoms with Gasteiger partial charge in [-0.15, -0.1) is 0 Å². The second-order valence-corrected chi connectivity index (χ2v) is 4.98. The predicted octanol–water partition coefficient (Wildman–Crippen LogP) is 3.13. The molecule has 0 aliphatic rings. The van der Waals surface area contributed by atoms with Gasteiger partial charge in [-0.05, 0) is 30.7 Å². The van der Waals surface area contributed by atoms with Crippen molar-refractivity contribution >= 4 is 17.6 Å². The minimum absolute atomic E-state index is 0.265. The number of aliphatic imine (C=N–C) groups is 1. The predicted molar refractivity (Wildman–Crippen MR) is 87.3 cm³/mol. The monoisotopic (exact) mass is 320 g/mol. The summed E-state index contributed by atoms with van der Waals surface area (Å²) in [6, 6.07) is 10.5. The Hall–Kier alpha value is -2.14. The topological polar surface area (TPSA) is 49.3 Å². The molecule has 2 N–H and O–H groups in total. The number of aromatic nitrogens is 1. The number of halogens is 2. The van der Waals surface area contributed by atoms with Crippen LogP contribution in [-0.4, -0.2) is 17.5 Å². The zero-order valence-electron chi connectivity index (χ0n) is 12.3. The average Bonchev–Trinajstić information content (AvgIpc) is 2.53. The van der Waals surface area contributed by atoms with Gasteiger partial charge in [0, 0.05) is 17.8 Å². The number of hydrogen-bond donors (Lipinski definition) is 2. The second kappa shape index (κ2) is 8.34. The fourth-order valence-electron chi connectivity index (χ4n) is 1.85. The molecule has 0 saturated carbocycles. The van der Waals surface area contributed by atoms with Crippen molar-refractivity contribution in [3.63, 3.8) is 0 Å². The molecule has 2 rings (SSSR count). The first-order chi connectivity index (χ1) is 10.7. The number of pyridine rings is 1. The van der Waals surface area contributed by atoms with Gasteiger partial charge in [-0.25, -0.2) is 9.38 Å². The zero-order valence-corrected chi connectivity index (χ0v) is 13.1. The first-order valence-electron chi connectivity index (χ1n) is 7.05. The molecule has 0 radical (unpaired) electrons. The molecule has 0 aliphatic carbocycles. The Kier molecular flexibility index (Phi) is 6.15. The van der Waals surface area contributed by atoms with Crippen molar-refractivity contribution in [1.82, 2.24) is 15.6 Å². The summed E-state index contributed by atoms with van der Waals surface area (Å²) in [6.45, 7) is 3.38. The van der Waals surface area contributed by atoms with E-state index in [-0.39, 0.29) is 12.4 Å². The smallest absolute Gasteiger partial charge is 0.191 e. The van der Waals surface area contributed by atoms with Crippen LogP contribution in [0.4, 0.5) is 4.39 Å². The van der Waals surface area contributed by atoms with Gasteiger partial charge in [0.2, 0.25) is 0 Å². The lowest BCUT2D eigenvalue weighted by molar-refractivity contribution is 0.592. The Balaban J connectivity index is 2.02. The molecule has 6 heteroatoms. The summed E-state index contributed by atoms with van der Waals surface area (Å²) in [5, 5.41) is 6.85. The van der Waals surface area contributed by atoms with Crippen LogP contribution < -0.4 is 10.6 Å². The van der Waals surface area contributed by atoms with Gasteiger partial charge in [-0.3, -0.25) is 4.98 Å². The van der Waals surface area contributed by atoms with E-state index in [1.165, 1.54) is 6.07 Å². The Bertz CT molecular complexity index is 646. The summed E-state index contributed by atoms with van der Waals surface area (Å²) < 4.78 is 13.5. The fraction of sp³-hybridized carbons (Fsp3) is 0.250. The number of benzene rings is 1. The molecule has 0 atom stereocenters. The van der Waals surface area contributed by atoms with Gasteiger partial charge >= 0.3 is 0 Å². The van der Waals surface area contributed by atoms with Crippen LogP contribution in [0.2, 0.25) is 5.02 Å². The third kappa shape index (κ3) is 4.70. The molecule has 1 aromatic carbocycles. The third-order valence-electron chi connectivity index (χ3n) is 2.97. The third-order valence-corrected chi connectivity index (χ3v) is 3.34. The normalized spacial score (nSPS) is 11.3. The molecule has 0 amide bonds.